The number of amides is 1. The number of hydrogen-bond acceptors (Lipinski definition) is 5. The van der Waals surface area contributed by atoms with Crippen molar-refractivity contribution in [2.75, 3.05) is 26.2 Å². The molecule has 0 unspecified atom stereocenters. The molecule has 4 rings (SSSR count). The number of carbonyl (C=O) groups is 1. The molecule has 0 bridgehead atoms. The van der Waals surface area contributed by atoms with E-state index in [0.29, 0.717) is 16.1 Å². The molecule has 1 aliphatic heterocycles. The quantitative estimate of drug-likeness (QED) is 0.765. The average Bonchev–Trinajstić information content (AvgIpc) is 3.16. The van der Waals surface area contributed by atoms with Gasteiger partial charge in [-0.2, -0.15) is 0 Å². The normalized spacial score (nSPS) is 15.0. The van der Waals surface area contributed by atoms with Crippen LogP contribution in [0.5, 0.6) is 0 Å². The van der Waals surface area contributed by atoms with Crippen molar-refractivity contribution in [1.82, 2.24) is 20.2 Å². The van der Waals surface area contributed by atoms with Crippen LogP contribution in [-0.4, -0.2) is 47.0 Å². The molecule has 122 valence electrons. The summed E-state index contributed by atoms with van der Waals surface area (Å²) in [5.41, 5.74) is 4.64. The molecule has 24 heavy (non-hydrogen) atoms. The van der Waals surface area contributed by atoms with E-state index in [9.17, 15) is 4.79 Å². The lowest BCUT2D eigenvalue weighted by molar-refractivity contribution is 0.0736. The zero-order valence-electron chi connectivity index (χ0n) is 12.8. The Bertz CT molecular complexity index is 891. The Morgan fingerprint density at radius 3 is 2.79 bits per heavy atom. The lowest BCUT2D eigenvalue weighted by atomic mass is 10.1. The molecule has 3 aromatic rings. The van der Waals surface area contributed by atoms with Crippen LogP contribution in [0.1, 0.15) is 10.4 Å². The van der Waals surface area contributed by atoms with Gasteiger partial charge in [0.2, 0.25) is 0 Å². The molecule has 0 spiro atoms. The molecular weight excluding hydrogens is 344 g/mol. The second-order valence-corrected chi connectivity index (χ2v) is 6.76. The van der Waals surface area contributed by atoms with E-state index in [2.05, 4.69) is 15.3 Å². The predicted octanol–water partition coefficient (Wildman–Crippen LogP) is 3.06. The highest BCUT2D eigenvalue weighted by Gasteiger charge is 2.19. The fourth-order valence-electron chi connectivity index (χ4n) is 2.84. The molecular formula is C17H15ClN4OS. The zero-order chi connectivity index (χ0) is 16.5. The van der Waals surface area contributed by atoms with Crippen molar-refractivity contribution in [3.63, 3.8) is 0 Å². The molecule has 0 aliphatic carbocycles. The van der Waals surface area contributed by atoms with Gasteiger partial charge in [0.15, 0.2) is 0 Å². The fraction of sp³-hybridized carbons (Fsp3) is 0.235. The Labute approximate surface area is 148 Å². The van der Waals surface area contributed by atoms with Gasteiger partial charge in [0.05, 0.1) is 27.4 Å². The van der Waals surface area contributed by atoms with Crippen LogP contribution in [0.3, 0.4) is 0 Å². The summed E-state index contributed by atoms with van der Waals surface area (Å²) < 4.78 is 0. The maximum Gasteiger partial charge on any atom is 0.254 e. The Kier molecular flexibility index (Phi) is 4.18. The largest absolute Gasteiger partial charge is 0.336 e. The van der Waals surface area contributed by atoms with E-state index >= 15 is 0 Å². The summed E-state index contributed by atoms with van der Waals surface area (Å²) >= 11 is 7.90. The second-order valence-electron chi connectivity index (χ2n) is 5.64. The minimum Gasteiger partial charge on any atom is -0.336 e. The Hall–Kier alpha value is -2.02. The smallest absolute Gasteiger partial charge is 0.254 e. The topological polar surface area (TPSA) is 58.1 Å². The van der Waals surface area contributed by atoms with Gasteiger partial charge in [0.1, 0.15) is 0 Å². The summed E-state index contributed by atoms with van der Waals surface area (Å²) in [5.74, 6) is 0.0374. The molecule has 7 heteroatoms. The predicted molar refractivity (Wildman–Crippen MR) is 96.6 cm³/mol. The molecule has 1 fully saturated rings. The van der Waals surface area contributed by atoms with Gasteiger partial charge in [-0.15, -0.1) is 11.3 Å². The summed E-state index contributed by atoms with van der Waals surface area (Å²) in [5, 5.41) is 6.64. The van der Waals surface area contributed by atoms with Gasteiger partial charge in [-0.25, -0.2) is 9.97 Å². The molecule has 2 aromatic heterocycles. The van der Waals surface area contributed by atoms with Gasteiger partial charge in [0.25, 0.3) is 5.91 Å². The van der Waals surface area contributed by atoms with Crippen molar-refractivity contribution in [2.45, 2.75) is 0 Å². The summed E-state index contributed by atoms with van der Waals surface area (Å²) in [6.07, 6.45) is 0. The number of carbonyl (C=O) groups excluding carboxylic acids is 1. The van der Waals surface area contributed by atoms with Crippen molar-refractivity contribution >= 4 is 39.7 Å². The highest BCUT2D eigenvalue weighted by molar-refractivity contribution is 7.07. The third kappa shape index (κ3) is 2.88. The highest BCUT2D eigenvalue weighted by atomic mass is 35.5. The molecule has 0 radical (unpaired) electrons. The minimum atomic E-state index is 0.0374. The summed E-state index contributed by atoms with van der Waals surface area (Å²) in [4.78, 5) is 23.5. The number of rotatable bonds is 2. The van der Waals surface area contributed by atoms with Crippen LogP contribution in [-0.2, 0) is 0 Å². The number of thiazole rings is 1. The van der Waals surface area contributed by atoms with Gasteiger partial charge in [-0.3, -0.25) is 4.79 Å². The van der Waals surface area contributed by atoms with Gasteiger partial charge in [-0.1, -0.05) is 17.7 Å². The number of nitrogens with zero attached hydrogens (tertiary/aromatic N) is 3. The van der Waals surface area contributed by atoms with Crippen LogP contribution in [0.4, 0.5) is 0 Å². The number of halogens is 1. The van der Waals surface area contributed by atoms with Crippen molar-refractivity contribution in [1.29, 1.82) is 0 Å². The molecule has 1 saturated heterocycles. The lowest BCUT2D eigenvalue weighted by Gasteiger charge is -2.27. The number of piperazine rings is 1. The number of benzene rings is 1. The number of pyridine rings is 1. The Morgan fingerprint density at radius 1 is 1.21 bits per heavy atom. The third-order valence-corrected chi connectivity index (χ3v) is 5.00. The Balaban J connectivity index is 1.75. The monoisotopic (exact) mass is 358 g/mol. The molecule has 0 saturated carbocycles. The zero-order valence-corrected chi connectivity index (χ0v) is 14.4. The van der Waals surface area contributed by atoms with Crippen LogP contribution in [0.2, 0.25) is 5.02 Å². The van der Waals surface area contributed by atoms with Crippen molar-refractivity contribution < 1.29 is 4.79 Å². The van der Waals surface area contributed by atoms with Crippen LogP contribution in [0.15, 0.2) is 35.2 Å². The van der Waals surface area contributed by atoms with E-state index in [-0.39, 0.29) is 5.91 Å². The van der Waals surface area contributed by atoms with E-state index in [1.807, 2.05) is 34.5 Å². The van der Waals surface area contributed by atoms with Gasteiger partial charge >= 0.3 is 0 Å². The van der Waals surface area contributed by atoms with Crippen molar-refractivity contribution in [2.24, 2.45) is 0 Å². The van der Waals surface area contributed by atoms with Gasteiger partial charge in [0, 0.05) is 42.5 Å². The molecule has 1 N–H and O–H groups in total. The van der Waals surface area contributed by atoms with Gasteiger partial charge < -0.3 is 10.2 Å². The maximum atomic E-state index is 12.7. The first-order valence-corrected chi connectivity index (χ1v) is 9.03. The highest BCUT2D eigenvalue weighted by Crippen LogP contribution is 2.28. The molecule has 1 aromatic carbocycles. The van der Waals surface area contributed by atoms with Crippen LogP contribution < -0.4 is 5.32 Å². The first-order valence-electron chi connectivity index (χ1n) is 7.71. The van der Waals surface area contributed by atoms with Crippen LogP contribution in [0, 0.1) is 0 Å². The standard InChI is InChI=1S/C17H15ClN4OS/c18-13-8-15(16-9-24-10-20-16)21-14-7-11(1-2-12(13)14)17(23)22-5-3-19-4-6-22/h1-2,7-10,19H,3-6H2. The summed E-state index contributed by atoms with van der Waals surface area (Å²) in [7, 11) is 0. The number of fused-ring (bicyclic) bond motifs is 1. The molecule has 5 nitrogen and oxygen atoms in total. The van der Waals surface area contributed by atoms with E-state index in [1.54, 1.807) is 5.51 Å². The second kappa shape index (κ2) is 6.47. The first-order chi connectivity index (χ1) is 11.7. The third-order valence-electron chi connectivity index (χ3n) is 4.11. The maximum absolute atomic E-state index is 12.7. The number of nitrogens with one attached hydrogen (secondary N) is 1. The molecule has 3 heterocycles. The first kappa shape index (κ1) is 15.5. The summed E-state index contributed by atoms with van der Waals surface area (Å²) in [6.45, 7) is 3.11. The summed E-state index contributed by atoms with van der Waals surface area (Å²) in [6, 6.07) is 7.33. The van der Waals surface area contributed by atoms with Crippen LogP contribution in [0.25, 0.3) is 22.3 Å². The fourth-order valence-corrected chi connectivity index (χ4v) is 3.65. The SMILES string of the molecule is O=C(c1ccc2c(Cl)cc(-c3cscn3)nc2c1)N1CCNCC1. The Morgan fingerprint density at radius 2 is 2.04 bits per heavy atom. The van der Waals surface area contributed by atoms with E-state index in [4.69, 9.17) is 11.6 Å². The minimum absolute atomic E-state index is 0.0374. The number of aromatic nitrogens is 2. The van der Waals surface area contributed by atoms with Crippen molar-refractivity contribution in [3.05, 3.63) is 45.7 Å². The lowest BCUT2D eigenvalue weighted by Crippen LogP contribution is -2.46. The van der Waals surface area contributed by atoms with Crippen LogP contribution >= 0.6 is 22.9 Å². The number of hydrogen-bond donors (Lipinski definition) is 1. The van der Waals surface area contributed by atoms with E-state index in [0.717, 1.165) is 43.0 Å². The average molecular weight is 359 g/mol. The molecule has 1 aliphatic rings. The van der Waals surface area contributed by atoms with Crippen molar-refractivity contribution in [3.8, 4) is 11.4 Å². The van der Waals surface area contributed by atoms with E-state index in [1.165, 1.54) is 11.3 Å². The van der Waals surface area contributed by atoms with E-state index < -0.39 is 0 Å². The molecule has 0 atom stereocenters. The van der Waals surface area contributed by atoms with Gasteiger partial charge in [-0.05, 0) is 18.2 Å². The molecule has 1 amide bonds.